The van der Waals surface area contributed by atoms with Crippen LogP contribution in [0.5, 0.6) is 0 Å². The Hall–Kier alpha value is -1.69. The number of aliphatic hydroxyl groups excluding tert-OH is 1. The van der Waals surface area contributed by atoms with Crippen molar-refractivity contribution in [2.75, 3.05) is 52.5 Å². The summed E-state index contributed by atoms with van der Waals surface area (Å²) < 4.78 is 5.07. The van der Waals surface area contributed by atoms with Crippen LogP contribution >= 0.6 is 0 Å². The van der Waals surface area contributed by atoms with Gasteiger partial charge in [0.05, 0.1) is 13.2 Å². The lowest BCUT2D eigenvalue weighted by atomic mass is 10.2. The fourth-order valence-corrected chi connectivity index (χ4v) is 2.40. The molecule has 5 heteroatoms. The highest BCUT2D eigenvalue weighted by Gasteiger charge is 2.20. The molecule has 5 nitrogen and oxygen atoms in total. The van der Waals surface area contributed by atoms with E-state index in [1.165, 1.54) is 5.56 Å². The first-order valence-electron chi connectivity index (χ1n) is 7.70. The van der Waals surface area contributed by atoms with E-state index in [0.29, 0.717) is 0 Å². The van der Waals surface area contributed by atoms with Crippen LogP contribution < -0.4 is 0 Å². The number of hydrogen-bond donors (Lipinski definition) is 1. The minimum Gasteiger partial charge on any atom is -0.394 e. The highest BCUT2D eigenvalue weighted by Crippen LogP contribution is 2.05. The van der Waals surface area contributed by atoms with Crippen molar-refractivity contribution in [1.82, 2.24) is 9.80 Å². The molecule has 1 aromatic rings. The Labute approximate surface area is 131 Å². The van der Waals surface area contributed by atoms with Crippen molar-refractivity contribution >= 4 is 12.0 Å². The van der Waals surface area contributed by atoms with Crippen LogP contribution in [-0.2, 0) is 9.53 Å². The van der Waals surface area contributed by atoms with Crippen LogP contribution in [0.1, 0.15) is 5.56 Å². The molecule has 1 N–H and O–H groups in total. The fraction of sp³-hybridized carbons (Fsp3) is 0.471. The molecular weight excluding hydrogens is 280 g/mol. The largest absolute Gasteiger partial charge is 0.394 e. The number of ether oxygens (including phenoxy) is 1. The molecule has 0 spiro atoms. The van der Waals surface area contributed by atoms with E-state index in [1.807, 2.05) is 23.1 Å². The average molecular weight is 304 g/mol. The van der Waals surface area contributed by atoms with Crippen molar-refractivity contribution in [1.29, 1.82) is 0 Å². The molecule has 1 heterocycles. The van der Waals surface area contributed by atoms with Crippen LogP contribution in [0.25, 0.3) is 6.08 Å². The molecule has 120 valence electrons. The van der Waals surface area contributed by atoms with Gasteiger partial charge in [-0.15, -0.1) is 0 Å². The van der Waals surface area contributed by atoms with Gasteiger partial charge < -0.3 is 14.7 Å². The monoisotopic (exact) mass is 304 g/mol. The van der Waals surface area contributed by atoms with Gasteiger partial charge in [0.15, 0.2) is 0 Å². The van der Waals surface area contributed by atoms with E-state index in [0.717, 1.165) is 32.7 Å². The normalized spacial score (nSPS) is 16.3. The number of benzene rings is 1. The van der Waals surface area contributed by atoms with E-state index in [1.54, 1.807) is 0 Å². The lowest BCUT2D eigenvalue weighted by Crippen LogP contribution is -2.49. The number of carbonyl (C=O) groups excluding carboxylic acids is 1. The SMILES string of the molecule is O=C(COCCO)N1CCN(C/C=C/c2ccccc2)CC1. The number of piperazine rings is 1. The van der Waals surface area contributed by atoms with Crippen molar-refractivity contribution < 1.29 is 14.6 Å². The molecule has 1 aliphatic rings. The van der Waals surface area contributed by atoms with E-state index < -0.39 is 0 Å². The van der Waals surface area contributed by atoms with E-state index in [2.05, 4.69) is 29.2 Å². The molecular formula is C17H24N2O3. The summed E-state index contributed by atoms with van der Waals surface area (Å²) in [6, 6.07) is 10.2. The number of hydrogen-bond acceptors (Lipinski definition) is 4. The van der Waals surface area contributed by atoms with E-state index in [9.17, 15) is 4.79 Å². The van der Waals surface area contributed by atoms with Crippen LogP contribution in [0.3, 0.4) is 0 Å². The van der Waals surface area contributed by atoms with E-state index in [-0.39, 0.29) is 25.7 Å². The maximum Gasteiger partial charge on any atom is 0.248 e. The Morgan fingerprint density at radius 3 is 2.59 bits per heavy atom. The van der Waals surface area contributed by atoms with Gasteiger partial charge in [0.2, 0.25) is 5.91 Å². The lowest BCUT2D eigenvalue weighted by Gasteiger charge is -2.34. The first kappa shape index (κ1) is 16.7. The summed E-state index contributed by atoms with van der Waals surface area (Å²) in [6.07, 6.45) is 4.29. The summed E-state index contributed by atoms with van der Waals surface area (Å²) in [5, 5.41) is 8.63. The third-order valence-corrected chi connectivity index (χ3v) is 3.66. The van der Waals surface area contributed by atoms with E-state index >= 15 is 0 Å². The summed E-state index contributed by atoms with van der Waals surface area (Å²) in [5.41, 5.74) is 1.21. The second-order valence-corrected chi connectivity index (χ2v) is 5.27. The summed E-state index contributed by atoms with van der Waals surface area (Å²) in [7, 11) is 0. The molecule has 0 radical (unpaired) electrons. The highest BCUT2D eigenvalue weighted by molar-refractivity contribution is 5.77. The Morgan fingerprint density at radius 2 is 1.91 bits per heavy atom. The molecule has 1 aromatic carbocycles. The molecule has 0 aromatic heterocycles. The quantitative estimate of drug-likeness (QED) is 0.759. The topological polar surface area (TPSA) is 53.0 Å². The molecule has 1 amide bonds. The van der Waals surface area contributed by atoms with Gasteiger partial charge >= 0.3 is 0 Å². The minimum absolute atomic E-state index is 0.00734. The van der Waals surface area contributed by atoms with Crippen molar-refractivity contribution in [2.24, 2.45) is 0 Å². The Kier molecular flexibility index (Phi) is 7.09. The third kappa shape index (κ3) is 5.60. The molecule has 1 fully saturated rings. The summed E-state index contributed by atoms with van der Waals surface area (Å²) in [4.78, 5) is 16.0. The zero-order valence-corrected chi connectivity index (χ0v) is 12.9. The lowest BCUT2D eigenvalue weighted by molar-refractivity contribution is -0.138. The van der Waals surface area contributed by atoms with Crippen LogP contribution in [0, 0.1) is 0 Å². The summed E-state index contributed by atoms with van der Waals surface area (Å²) >= 11 is 0. The number of nitrogens with zero attached hydrogens (tertiary/aromatic N) is 2. The first-order chi connectivity index (χ1) is 10.8. The van der Waals surface area contributed by atoms with Gasteiger partial charge in [-0.2, -0.15) is 0 Å². The number of rotatable bonds is 7. The maximum absolute atomic E-state index is 11.9. The number of aliphatic hydroxyl groups is 1. The predicted octanol–water partition coefficient (Wildman–Crippen LogP) is 0.853. The first-order valence-corrected chi connectivity index (χ1v) is 7.70. The van der Waals surface area contributed by atoms with Crippen molar-refractivity contribution in [3.63, 3.8) is 0 Å². The number of amides is 1. The second kappa shape index (κ2) is 9.35. The van der Waals surface area contributed by atoms with Crippen molar-refractivity contribution in [3.8, 4) is 0 Å². The third-order valence-electron chi connectivity index (χ3n) is 3.66. The standard InChI is InChI=1S/C17H24N2O3/c20-13-14-22-15-17(21)19-11-9-18(10-12-19)8-4-7-16-5-2-1-3-6-16/h1-7,20H,8-15H2/b7-4+. The molecule has 0 bridgehead atoms. The Bertz CT molecular complexity index is 468. The average Bonchev–Trinajstić information content (AvgIpc) is 2.56. The van der Waals surface area contributed by atoms with E-state index in [4.69, 9.17) is 9.84 Å². The van der Waals surface area contributed by atoms with Gasteiger partial charge in [-0.05, 0) is 5.56 Å². The predicted molar refractivity (Wildman–Crippen MR) is 86.4 cm³/mol. The molecule has 2 rings (SSSR count). The number of carbonyl (C=O) groups is 1. The fourth-order valence-electron chi connectivity index (χ4n) is 2.40. The molecule has 0 unspecified atom stereocenters. The van der Waals surface area contributed by atoms with Crippen molar-refractivity contribution in [2.45, 2.75) is 0 Å². The van der Waals surface area contributed by atoms with Gasteiger partial charge in [-0.25, -0.2) is 0 Å². The molecule has 0 atom stereocenters. The summed E-state index contributed by atoms with van der Waals surface area (Å²) in [6.45, 7) is 4.37. The van der Waals surface area contributed by atoms with Crippen LogP contribution in [-0.4, -0.2) is 73.4 Å². The molecule has 1 aliphatic heterocycles. The Morgan fingerprint density at radius 1 is 1.18 bits per heavy atom. The Balaban J connectivity index is 1.66. The minimum atomic E-state index is -0.0468. The van der Waals surface area contributed by atoms with Gasteiger partial charge in [-0.3, -0.25) is 9.69 Å². The van der Waals surface area contributed by atoms with Gasteiger partial charge in [0.25, 0.3) is 0 Å². The molecule has 22 heavy (non-hydrogen) atoms. The molecule has 1 saturated heterocycles. The smallest absolute Gasteiger partial charge is 0.248 e. The highest BCUT2D eigenvalue weighted by atomic mass is 16.5. The van der Waals surface area contributed by atoms with Gasteiger partial charge in [0.1, 0.15) is 6.61 Å². The second-order valence-electron chi connectivity index (χ2n) is 5.27. The summed E-state index contributed by atoms with van der Waals surface area (Å²) in [5.74, 6) is 0.00734. The zero-order chi connectivity index (χ0) is 15.6. The molecule has 0 aliphatic carbocycles. The van der Waals surface area contributed by atoms with Gasteiger partial charge in [-0.1, -0.05) is 42.5 Å². The zero-order valence-electron chi connectivity index (χ0n) is 12.9. The van der Waals surface area contributed by atoms with Crippen LogP contribution in [0.2, 0.25) is 0 Å². The molecule has 0 saturated carbocycles. The van der Waals surface area contributed by atoms with Crippen LogP contribution in [0.15, 0.2) is 36.4 Å². The van der Waals surface area contributed by atoms with Crippen LogP contribution in [0.4, 0.5) is 0 Å². The van der Waals surface area contributed by atoms with Crippen molar-refractivity contribution in [3.05, 3.63) is 42.0 Å². The van der Waals surface area contributed by atoms with Gasteiger partial charge in [0, 0.05) is 32.7 Å². The maximum atomic E-state index is 11.9.